The molecule has 2 aliphatic carbocycles. The van der Waals surface area contributed by atoms with Gasteiger partial charge in [0.1, 0.15) is 0 Å². The number of nitrogens with zero attached hydrogens (tertiary/aromatic N) is 4. The van der Waals surface area contributed by atoms with Crippen LogP contribution in [0.2, 0.25) is 0 Å². The fourth-order valence-corrected chi connectivity index (χ4v) is 7.64. The van der Waals surface area contributed by atoms with Gasteiger partial charge in [-0.15, -0.1) is 0 Å². The second kappa shape index (κ2) is 11.6. The maximum absolute atomic E-state index is 10.0. The summed E-state index contributed by atoms with van der Waals surface area (Å²) in [6.45, 7) is 0. The van der Waals surface area contributed by atoms with Crippen molar-refractivity contribution in [2.75, 3.05) is 0 Å². The predicted molar refractivity (Wildman–Crippen MR) is 201 cm³/mol. The average molecular weight is 627 g/mol. The second-order valence-corrected chi connectivity index (χ2v) is 12.6. The highest BCUT2D eigenvalue weighted by atomic mass is 15.0. The molecule has 0 N–H and O–H groups in total. The highest BCUT2D eigenvalue weighted by molar-refractivity contribution is 6.10. The van der Waals surface area contributed by atoms with Crippen molar-refractivity contribution >= 4 is 56.0 Å². The van der Waals surface area contributed by atoms with Crippen LogP contribution in [0.5, 0.6) is 0 Å². The first kappa shape index (κ1) is 28.6. The SMILES string of the molecule is N#Cc1ccc2c3c(n(-c4ccccc4C4=CCC(C#N)C=C4c4ccc(-n5c6ccccc6c6ccccc65)cc4)c2c1)C=CCC=C3. The maximum Gasteiger partial charge on any atom is 0.0992 e. The molecule has 0 amide bonds. The van der Waals surface area contributed by atoms with Gasteiger partial charge in [-0.25, -0.2) is 0 Å². The number of allylic oxidation sites excluding steroid dienone is 6. The molecule has 0 spiro atoms. The Kier molecular flexibility index (Phi) is 6.75. The van der Waals surface area contributed by atoms with Gasteiger partial charge >= 0.3 is 0 Å². The molecule has 0 bridgehead atoms. The molecule has 230 valence electrons. The van der Waals surface area contributed by atoms with Crippen molar-refractivity contribution in [2.45, 2.75) is 12.8 Å². The van der Waals surface area contributed by atoms with Crippen LogP contribution in [0.1, 0.15) is 40.8 Å². The third kappa shape index (κ3) is 4.58. The Morgan fingerprint density at radius 2 is 1.35 bits per heavy atom. The Morgan fingerprint density at radius 1 is 0.633 bits per heavy atom. The molecule has 2 aromatic heterocycles. The minimum atomic E-state index is -0.210. The van der Waals surface area contributed by atoms with Gasteiger partial charge < -0.3 is 9.13 Å². The van der Waals surface area contributed by atoms with Crippen LogP contribution in [-0.2, 0) is 0 Å². The summed E-state index contributed by atoms with van der Waals surface area (Å²) in [5, 5.41) is 23.5. The summed E-state index contributed by atoms with van der Waals surface area (Å²) in [6, 6.07) is 45.2. The standard InChI is InChI=1S/C45H30N4/c46-28-30-18-24-34(35-11-4-9-17-43(35)49-44-14-3-1-2-10-38(44)39-25-19-31(29-47)27-45(39)49)40(26-30)32-20-22-33(23-21-32)48-41-15-7-5-12-36(41)37-13-6-8-16-42(37)48/h2-17,19-27,30H,1,18H2. The van der Waals surface area contributed by atoms with E-state index >= 15 is 0 Å². The third-order valence-corrected chi connectivity index (χ3v) is 9.86. The molecule has 5 aromatic carbocycles. The van der Waals surface area contributed by atoms with Gasteiger partial charge in [-0.2, -0.15) is 10.5 Å². The summed E-state index contributed by atoms with van der Waals surface area (Å²) < 4.78 is 4.63. The number of hydrogen-bond acceptors (Lipinski definition) is 2. The summed E-state index contributed by atoms with van der Waals surface area (Å²) in [7, 11) is 0. The second-order valence-electron chi connectivity index (χ2n) is 12.6. The Morgan fingerprint density at radius 3 is 2.10 bits per heavy atom. The average Bonchev–Trinajstić information content (AvgIpc) is 3.54. The molecule has 4 nitrogen and oxygen atoms in total. The zero-order valence-corrected chi connectivity index (χ0v) is 26.7. The van der Waals surface area contributed by atoms with E-state index < -0.39 is 0 Å². The fourth-order valence-electron chi connectivity index (χ4n) is 7.64. The highest BCUT2D eigenvalue weighted by Crippen LogP contribution is 2.42. The molecule has 0 radical (unpaired) electrons. The molecule has 4 heteroatoms. The summed E-state index contributed by atoms with van der Waals surface area (Å²) in [5.74, 6) is -0.210. The Hall–Kier alpha value is -6.62. The van der Waals surface area contributed by atoms with Crippen LogP contribution in [0.15, 0.2) is 140 Å². The van der Waals surface area contributed by atoms with Crippen LogP contribution < -0.4 is 0 Å². The van der Waals surface area contributed by atoms with Crippen LogP contribution in [0.3, 0.4) is 0 Å². The number of nitriles is 2. The molecule has 9 rings (SSSR count). The van der Waals surface area contributed by atoms with E-state index in [9.17, 15) is 10.5 Å². The molecule has 0 fully saturated rings. The zero-order valence-electron chi connectivity index (χ0n) is 26.7. The third-order valence-electron chi connectivity index (χ3n) is 9.86. The van der Waals surface area contributed by atoms with Crippen molar-refractivity contribution in [1.29, 1.82) is 10.5 Å². The molecule has 1 atom stereocenters. The first-order chi connectivity index (χ1) is 24.2. The number of rotatable bonds is 4. The summed E-state index contributed by atoms with van der Waals surface area (Å²) in [6.07, 6.45) is 14.6. The van der Waals surface area contributed by atoms with Crippen molar-refractivity contribution in [3.8, 4) is 23.5 Å². The van der Waals surface area contributed by atoms with Crippen molar-refractivity contribution in [3.05, 3.63) is 168 Å². The van der Waals surface area contributed by atoms with E-state index in [-0.39, 0.29) is 5.92 Å². The van der Waals surface area contributed by atoms with Crippen molar-refractivity contribution in [2.24, 2.45) is 5.92 Å². The van der Waals surface area contributed by atoms with Gasteiger partial charge in [-0.3, -0.25) is 0 Å². The van der Waals surface area contributed by atoms with Gasteiger partial charge in [0.05, 0.1) is 51.6 Å². The number of para-hydroxylation sites is 3. The lowest BCUT2D eigenvalue weighted by Crippen LogP contribution is -2.07. The van der Waals surface area contributed by atoms with Crippen LogP contribution in [0, 0.1) is 28.6 Å². The summed E-state index contributed by atoms with van der Waals surface area (Å²) in [5.41, 5.74) is 12.7. The largest absolute Gasteiger partial charge is 0.309 e. The predicted octanol–water partition coefficient (Wildman–Crippen LogP) is 11.0. The topological polar surface area (TPSA) is 57.4 Å². The normalized spacial score (nSPS) is 15.4. The van der Waals surface area contributed by atoms with E-state index in [0.717, 1.165) is 62.2 Å². The van der Waals surface area contributed by atoms with Crippen molar-refractivity contribution in [1.82, 2.24) is 9.13 Å². The van der Waals surface area contributed by atoms with Gasteiger partial charge in [0.2, 0.25) is 0 Å². The molecule has 0 aliphatic heterocycles. The molecular formula is C45H30N4. The highest BCUT2D eigenvalue weighted by Gasteiger charge is 2.24. The van der Waals surface area contributed by atoms with E-state index in [1.165, 1.54) is 21.8 Å². The molecule has 2 aliphatic rings. The minimum Gasteiger partial charge on any atom is -0.309 e. The van der Waals surface area contributed by atoms with E-state index in [4.69, 9.17) is 0 Å². The first-order valence-electron chi connectivity index (χ1n) is 16.7. The first-order valence-corrected chi connectivity index (χ1v) is 16.7. The van der Waals surface area contributed by atoms with Crippen molar-refractivity contribution in [3.63, 3.8) is 0 Å². The number of fused-ring (bicyclic) bond motifs is 6. The molecule has 2 heterocycles. The quantitative estimate of drug-likeness (QED) is 0.195. The smallest absolute Gasteiger partial charge is 0.0992 e. The minimum absolute atomic E-state index is 0.210. The van der Waals surface area contributed by atoms with Gasteiger partial charge in [0.15, 0.2) is 0 Å². The van der Waals surface area contributed by atoms with Crippen LogP contribution in [-0.4, -0.2) is 9.13 Å². The van der Waals surface area contributed by atoms with E-state index in [1.54, 1.807) is 0 Å². The zero-order chi connectivity index (χ0) is 32.9. The molecule has 7 aromatic rings. The fraction of sp³-hybridized carbons (Fsp3) is 0.0667. The van der Waals surface area contributed by atoms with Gasteiger partial charge in [0, 0.05) is 33.0 Å². The summed E-state index contributed by atoms with van der Waals surface area (Å²) >= 11 is 0. The summed E-state index contributed by atoms with van der Waals surface area (Å²) in [4.78, 5) is 0. The molecule has 0 saturated carbocycles. The van der Waals surface area contributed by atoms with Gasteiger partial charge in [0.25, 0.3) is 0 Å². The van der Waals surface area contributed by atoms with E-state index in [2.05, 4.69) is 161 Å². The van der Waals surface area contributed by atoms with E-state index in [0.29, 0.717) is 12.0 Å². The molecule has 0 saturated heterocycles. The Bertz CT molecular complexity index is 2620. The monoisotopic (exact) mass is 626 g/mol. The number of hydrogen-bond donors (Lipinski definition) is 0. The lowest BCUT2D eigenvalue weighted by atomic mass is 9.83. The molecule has 1 unspecified atom stereocenters. The van der Waals surface area contributed by atoms with Crippen LogP contribution in [0.4, 0.5) is 0 Å². The van der Waals surface area contributed by atoms with Crippen molar-refractivity contribution < 1.29 is 0 Å². The van der Waals surface area contributed by atoms with Crippen LogP contribution >= 0.6 is 0 Å². The number of benzene rings is 5. The lowest BCUT2D eigenvalue weighted by Gasteiger charge is -2.23. The molecule has 49 heavy (non-hydrogen) atoms. The lowest BCUT2D eigenvalue weighted by molar-refractivity contribution is 0.843. The van der Waals surface area contributed by atoms with Gasteiger partial charge in [-0.05, 0) is 78.1 Å². The Labute approximate surface area is 284 Å². The van der Waals surface area contributed by atoms with Crippen LogP contribution in [0.25, 0.3) is 67.4 Å². The maximum atomic E-state index is 10.0. The van der Waals surface area contributed by atoms with E-state index in [1.807, 2.05) is 12.1 Å². The molecular weight excluding hydrogens is 597 g/mol. The Balaban J connectivity index is 1.20. The van der Waals surface area contributed by atoms with Gasteiger partial charge in [-0.1, -0.05) is 103 Å². The number of aromatic nitrogens is 2.